The van der Waals surface area contributed by atoms with Crippen LogP contribution < -0.4 is 10.6 Å². The Morgan fingerprint density at radius 2 is 0.904 bits per heavy atom. The third-order valence-electron chi connectivity index (χ3n) is 10.2. The number of piperazine rings is 1. The minimum absolute atomic E-state index is 0.0471. The summed E-state index contributed by atoms with van der Waals surface area (Å²) in [6, 6.07) is 35.9. The number of nitrogens with one attached hydrogen (secondary N) is 2. The lowest BCUT2D eigenvalue weighted by atomic mass is 9.97. The smallest absolute Gasteiger partial charge is 0.252 e. The maximum absolute atomic E-state index is 13.6. The number of benzene rings is 4. The molecular weight excluding hydrogens is 645 g/mol. The number of fused-ring (bicyclic) bond motifs is 2. The topological polar surface area (TPSA) is 90.5 Å². The van der Waals surface area contributed by atoms with Crippen LogP contribution in [0.1, 0.15) is 44.7 Å². The first kappa shape index (κ1) is 35.0. The highest BCUT2D eigenvalue weighted by atomic mass is 16.2. The van der Waals surface area contributed by atoms with Crippen LogP contribution in [-0.4, -0.2) is 83.9 Å². The number of rotatable bonds is 12. The molecule has 0 atom stereocenters. The molecule has 3 heterocycles. The summed E-state index contributed by atoms with van der Waals surface area (Å²) in [7, 11) is 0. The zero-order chi connectivity index (χ0) is 35.9. The Bertz CT molecular complexity index is 2020. The summed E-state index contributed by atoms with van der Waals surface area (Å²) in [5, 5.41) is 8.16. The predicted octanol–water partition coefficient (Wildman–Crippen LogP) is 7.29. The van der Waals surface area contributed by atoms with E-state index in [1.165, 1.54) is 0 Å². The minimum Gasteiger partial charge on any atom is -0.352 e. The highest BCUT2D eigenvalue weighted by Gasteiger charge is 2.21. The summed E-state index contributed by atoms with van der Waals surface area (Å²) in [4.78, 5) is 41.9. The Morgan fingerprint density at radius 1 is 0.538 bits per heavy atom. The molecule has 0 bridgehead atoms. The molecule has 0 unspecified atom stereocenters. The molecule has 4 aromatic carbocycles. The van der Waals surface area contributed by atoms with Crippen molar-refractivity contribution in [3.63, 3.8) is 0 Å². The standard InChI is InChI=1S/C44H46N6O2/c1-31-39(35-19-9-11-21-37(35)47-41(31)33-15-5-3-6-16-33)43(51)45-23-13-25-49-27-29-50(30-28-49)26-14-24-46-44(52)40-32(2)42(34-17-7-4-8-18-34)48-38-22-12-10-20-36(38)40/h3-12,15-22H,13-14,23-30H2,1-2H3,(H,45,51)(H,46,52). The Labute approximate surface area is 305 Å². The highest BCUT2D eigenvalue weighted by Crippen LogP contribution is 2.31. The molecular formula is C44H46N6O2. The summed E-state index contributed by atoms with van der Waals surface area (Å²) >= 11 is 0. The number of carbonyl (C=O) groups excluding carboxylic acids is 2. The SMILES string of the molecule is Cc1c(-c2ccccc2)nc2ccccc2c1C(=O)NCCCN1CCN(CCCNC(=O)c2c(C)c(-c3ccccc3)nc3ccccc23)CC1. The Balaban J connectivity index is 0.865. The van der Waals surface area contributed by atoms with E-state index in [9.17, 15) is 9.59 Å². The number of carbonyl (C=O) groups is 2. The third-order valence-corrected chi connectivity index (χ3v) is 10.2. The van der Waals surface area contributed by atoms with Gasteiger partial charge in [0.25, 0.3) is 11.8 Å². The average Bonchev–Trinajstić information content (AvgIpc) is 3.18. The van der Waals surface area contributed by atoms with Crippen molar-refractivity contribution in [3.05, 3.63) is 131 Å². The van der Waals surface area contributed by atoms with Gasteiger partial charge >= 0.3 is 0 Å². The first-order valence-corrected chi connectivity index (χ1v) is 18.4. The number of pyridine rings is 2. The van der Waals surface area contributed by atoms with Crippen LogP contribution in [0.25, 0.3) is 44.3 Å². The third kappa shape index (κ3) is 7.73. The molecule has 0 spiro atoms. The fourth-order valence-corrected chi connectivity index (χ4v) is 7.38. The Morgan fingerprint density at radius 3 is 1.31 bits per heavy atom. The quantitative estimate of drug-likeness (QED) is 0.131. The van der Waals surface area contributed by atoms with E-state index in [4.69, 9.17) is 9.97 Å². The van der Waals surface area contributed by atoms with E-state index in [2.05, 4.69) is 20.4 Å². The molecule has 1 aliphatic rings. The van der Waals surface area contributed by atoms with Gasteiger partial charge in [-0.2, -0.15) is 0 Å². The lowest BCUT2D eigenvalue weighted by molar-refractivity contribution is 0.0935. The maximum Gasteiger partial charge on any atom is 0.252 e. The zero-order valence-electron chi connectivity index (χ0n) is 30.1. The number of nitrogens with zero attached hydrogens (tertiary/aromatic N) is 4. The van der Waals surface area contributed by atoms with Crippen LogP contribution in [0.2, 0.25) is 0 Å². The molecule has 0 aliphatic carbocycles. The molecule has 264 valence electrons. The van der Waals surface area contributed by atoms with E-state index in [1.807, 2.05) is 123 Å². The van der Waals surface area contributed by atoms with Gasteiger partial charge in [0.05, 0.1) is 33.5 Å². The second kappa shape index (κ2) is 16.3. The normalized spacial score (nSPS) is 13.7. The van der Waals surface area contributed by atoms with E-state index in [0.717, 1.165) is 108 Å². The van der Waals surface area contributed by atoms with Crippen LogP contribution in [0.3, 0.4) is 0 Å². The van der Waals surface area contributed by atoms with Gasteiger partial charge in [0.1, 0.15) is 0 Å². The van der Waals surface area contributed by atoms with E-state index < -0.39 is 0 Å². The molecule has 1 aliphatic heterocycles. The van der Waals surface area contributed by atoms with E-state index in [1.54, 1.807) is 0 Å². The average molecular weight is 691 g/mol. The molecule has 2 amide bonds. The summed E-state index contributed by atoms with van der Waals surface area (Å²) in [6.45, 7) is 11.1. The maximum atomic E-state index is 13.6. The molecule has 2 N–H and O–H groups in total. The van der Waals surface area contributed by atoms with Crippen LogP contribution in [-0.2, 0) is 0 Å². The predicted molar refractivity (Wildman–Crippen MR) is 211 cm³/mol. The van der Waals surface area contributed by atoms with E-state index in [-0.39, 0.29) is 11.8 Å². The molecule has 52 heavy (non-hydrogen) atoms. The molecule has 8 nitrogen and oxygen atoms in total. The largest absolute Gasteiger partial charge is 0.352 e. The van der Waals surface area contributed by atoms with Gasteiger partial charge < -0.3 is 20.4 Å². The summed E-state index contributed by atoms with van der Waals surface area (Å²) in [5.41, 5.74) is 8.57. The summed E-state index contributed by atoms with van der Waals surface area (Å²) in [5.74, 6) is -0.0943. The number of hydrogen-bond acceptors (Lipinski definition) is 6. The second-order valence-electron chi connectivity index (χ2n) is 13.6. The van der Waals surface area contributed by atoms with Crippen LogP contribution in [0.15, 0.2) is 109 Å². The van der Waals surface area contributed by atoms with Crippen molar-refractivity contribution in [3.8, 4) is 22.5 Å². The lowest BCUT2D eigenvalue weighted by Gasteiger charge is -2.34. The van der Waals surface area contributed by atoms with Crippen molar-refractivity contribution in [1.82, 2.24) is 30.4 Å². The van der Waals surface area contributed by atoms with Crippen LogP contribution in [0.4, 0.5) is 0 Å². The van der Waals surface area contributed by atoms with Crippen LogP contribution in [0, 0.1) is 13.8 Å². The summed E-state index contributed by atoms with van der Waals surface area (Å²) < 4.78 is 0. The molecule has 0 saturated carbocycles. The number of hydrogen-bond donors (Lipinski definition) is 2. The Hall–Kier alpha value is -5.44. The van der Waals surface area contributed by atoms with Gasteiger partial charge in [0.2, 0.25) is 0 Å². The lowest BCUT2D eigenvalue weighted by Crippen LogP contribution is -2.47. The highest BCUT2D eigenvalue weighted by molar-refractivity contribution is 6.09. The minimum atomic E-state index is -0.0471. The van der Waals surface area contributed by atoms with Crippen molar-refractivity contribution < 1.29 is 9.59 Å². The second-order valence-corrected chi connectivity index (χ2v) is 13.6. The number of amides is 2. The van der Waals surface area contributed by atoms with Gasteiger partial charge in [-0.15, -0.1) is 0 Å². The first-order chi connectivity index (χ1) is 25.5. The monoisotopic (exact) mass is 690 g/mol. The van der Waals surface area contributed by atoms with Gasteiger partial charge in [-0.1, -0.05) is 97.1 Å². The fraction of sp³-hybridized carbons (Fsp3) is 0.273. The van der Waals surface area contributed by atoms with Crippen LogP contribution in [0.5, 0.6) is 0 Å². The molecule has 1 saturated heterocycles. The van der Waals surface area contributed by atoms with Crippen molar-refractivity contribution in [2.45, 2.75) is 26.7 Å². The molecule has 7 rings (SSSR count). The number of aromatic nitrogens is 2. The van der Waals surface area contributed by atoms with Gasteiger partial charge in [-0.05, 0) is 63.0 Å². The van der Waals surface area contributed by atoms with E-state index in [0.29, 0.717) is 24.2 Å². The van der Waals surface area contributed by atoms with Gasteiger partial charge in [-0.3, -0.25) is 9.59 Å². The molecule has 6 aromatic rings. The van der Waals surface area contributed by atoms with Gasteiger partial charge in [0.15, 0.2) is 0 Å². The molecule has 2 aromatic heterocycles. The number of para-hydroxylation sites is 2. The van der Waals surface area contributed by atoms with Gasteiger partial charge in [-0.25, -0.2) is 9.97 Å². The van der Waals surface area contributed by atoms with E-state index >= 15 is 0 Å². The van der Waals surface area contributed by atoms with Gasteiger partial charge in [0, 0.05) is 61.2 Å². The first-order valence-electron chi connectivity index (χ1n) is 18.4. The van der Waals surface area contributed by atoms with Crippen molar-refractivity contribution in [1.29, 1.82) is 0 Å². The van der Waals surface area contributed by atoms with Crippen LogP contribution >= 0.6 is 0 Å². The summed E-state index contributed by atoms with van der Waals surface area (Å²) in [6.07, 6.45) is 1.78. The Kier molecular flexibility index (Phi) is 10.9. The van der Waals surface area contributed by atoms with Crippen molar-refractivity contribution in [2.24, 2.45) is 0 Å². The zero-order valence-corrected chi connectivity index (χ0v) is 30.1. The van der Waals surface area contributed by atoms with Crippen molar-refractivity contribution >= 4 is 33.6 Å². The fourth-order valence-electron chi connectivity index (χ4n) is 7.38. The molecule has 1 fully saturated rings. The molecule has 8 heteroatoms. The van der Waals surface area contributed by atoms with Crippen molar-refractivity contribution in [2.75, 3.05) is 52.4 Å². The molecule has 0 radical (unpaired) electrons.